The van der Waals surface area contributed by atoms with Crippen LogP contribution < -0.4 is 0 Å². The predicted octanol–water partition coefficient (Wildman–Crippen LogP) is 2.45. The van der Waals surface area contributed by atoms with Crippen molar-refractivity contribution in [1.82, 2.24) is 0 Å². The van der Waals surface area contributed by atoms with Gasteiger partial charge in [0.25, 0.3) is 0 Å². The zero-order chi connectivity index (χ0) is 13.3. The van der Waals surface area contributed by atoms with Gasteiger partial charge in [-0.05, 0) is 40.5 Å². The molecule has 1 fully saturated rings. The molecule has 1 rings (SSSR count). The smallest absolute Gasteiger partial charge is 0.312 e. The molecule has 1 saturated heterocycles. The molecule has 0 amide bonds. The Morgan fingerprint density at radius 3 is 2.41 bits per heavy atom. The van der Waals surface area contributed by atoms with Gasteiger partial charge in [-0.3, -0.25) is 9.59 Å². The topological polar surface area (TPSA) is 52.6 Å². The van der Waals surface area contributed by atoms with E-state index in [1.807, 2.05) is 20.8 Å². The van der Waals surface area contributed by atoms with Gasteiger partial charge in [-0.15, -0.1) is 0 Å². The maximum Gasteiger partial charge on any atom is 0.312 e. The van der Waals surface area contributed by atoms with Gasteiger partial charge >= 0.3 is 11.9 Å². The van der Waals surface area contributed by atoms with Crippen molar-refractivity contribution in [2.45, 2.75) is 65.6 Å². The second kappa shape index (κ2) is 4.67. The minimum absolute atomic E-state index is 0.214. The van der Waals surface area contributed by atoms with E-state index in [0.717, 1.165) is 0 Å². The summed E-state index contributed by atoms with van der Waals surface area (Å²) in [5.41, 5.74) is -1.25. The quantitative estimate of drug-likeness (QED) is 0.710. The van der Waals surface area contributed by atoms with Crippen molar-refractivity contribution in [2.24, 2.45) is 5.41 Å². The third-order valence-corrected chi connectivity index (χ3v) is 3.45. The van der Waals surface area contributed by atoms with Crippen LogP contribution >= 0.6 is 0 Å². The monoisotopic (exact) mass is 242 g/mol. The number of carbonyl (C=O) groups is 2. The van der Waals surface area contributed by atoms with Crippen LogP contribution in [0.25, 0.3) is 0 Å². The highest BCUT2D eigenvalue weighted by atomic mass is 16.6. The van der Waals surface area contributed by atoms with E-state index in [1.54, 1.807) is 13.8 Å². The second-order valence-corrected chi connectivity index (χ2v) is 5.75. The van der Waals surface area contributed by atoms with E-state index in [4.69, 9.17) is 9.47 Å². The number of esters is 2. The first-order valence-corrected chi connectivity index (χ1v) is 6.12. The van der Waals surface area contributed by atoms with Crippen LogP contribution in [-0.4, -0.2) is 23.6 Å². The van der Waals surface area contributed by atoms with Gasteiger partial charge in [0.1, 0.15) is 11.7 Å². The molecular weight excluding hydrogens is 220 g/mol. The third-order valence-electron chi connectivity index (χ3n) is 3.45. The van der Waals surface area contributed by atoms with E-state index in [1.165, 1.54) is 0 Å². The summed E-state index contributed by atoms with van der Waals surface area (Å²) in [5.74, 6) is -0.457. The number of rotatable bonds is 4. The molecule has 0 radical (unpaired) electrons. The molecule has 0 aliphatic carbocycles. The minimum Gasteiger partial charge on any atom is -0.458 e. The fourth-order valence-electron chi connectivity index (χ4n) is 1.60. The average molecular weight is 242 g/mol. The third kappa shape index (κ3) is 3.20. The first-order chi connectivity index (χ1) is 7.69. The van der Waals surface area contributed by atoms with E-state index >= 15 is 0 Å². The van der Waals surface area contributed by atoms with Crippen LogP contribution in [0.15, 0.2) is 0 Å². The van der Waals surface area contributed by atoms with Crippen molar-refractivity contribution < 1.29 is 19.1 Å². The lowest BCUT2D eigenvalue weighted by molar-refractivity contribution is -0.182. The van der Waals surface area contributed by atoms with Crippen LogP contribution in [0.2, 0.25) is 0 Å². The molecule has 0 N–H and O–H groups in total. The van der Waals surface area contributed by atoms with E-state index in [2.05, 4.69) is 0 Å². The number of hydrogen-bond donors (Lipinski definition) is 0. The summed E-state index contributed by atoms with van der Waals surface area (Å²) >= 11 is 0. The maximum atomic E-state index is 12.0. The van der Waals surface area contributed by atoms with Gasteiger partial charge in [0, 0.05) is 6.42 Å². The van der Waals surface area contributed by atoms with Gasteiger partial charge in [-0.2, -0.15) is 0 Å². The Kier molecular flexibility index (Phi) is 3.84. The minimum atomic E-state index is -0.754. The second-order valence-electron chi connectivity index (χ2n) is 5.75. The lowest BCUT2D eigenvalue weighted by Gasteiger charge is -2.33. The molecule has 1 aliphatic heterocycles. The summed E-state index contributed by atoms with van der Waals surface area (Å²) in [4.78, 5) is 23.1. The molecule has 1 unspecified atom stereocenters. The molecule has 98 valence electrons. The van der Waals surface area contributed by atoms with E-state index in [0.29, 0.717) is 19.3 Å². The Labute approximate surface area is 103 Å². The highest BCUT2D eigenvalue weighted by Gasteiger charge is 2.42. The van der Waals surface area contributed by atoms with Crippen LogP contribution in [0.1, 0.15) is 53.9 Å². The lowest BCUT2D eigenvalue weighted by Crippen LogP contribution is -2.43. The fourth-order valence-corrected chi connectivity index (χ4v) is 1.60. The highest BCUT2D eigenvalue weighted by molar-refractivity contribution is 5.76. The Bertz CT molecular complexity index is 317. The summed E-state index contributed by atoms with van der Waals surface area (Å²) in [7, 11) is 0. The van der Waals surface area contributed by atoms with E-state index in [-0.39, 0.29) is 18.0 Å². The summed E-state index contributed by atoms with van der Waals surface area (Å²) in [6, 6.07) is 0. The normalized spacial score (nSPS) is 21.2. The van der Waals surface area contributed by atoms with Crippen LogP contribution in [0.4, 0.5) is 0 Å². The highest BCUT2D eigenvalue weighted by Crippen LogP contribution is 2.31. The summed E-state index contributed by atoms with van der Waals surface area (Å²) in [6.07, 6.45) is 1.41. The van der Waals surface area contributed by atoms with Crippen molar-refractivity contribution >= 4 is 11.9 Å². The Morgan fingerprint density at radius 2 is 2.00 bits per heavy atom. The van der Waals surface area contributed by atoms with Gasteiger partial charge < -0.3 is 9.47 Å². The fraction of sp³-hybridized carbons (Fsp3) is 0.846. The molecule has 0 aromatic rings. The molecule has 0 aromatic heterocycles. The first-order valence-electron chi connectivity index (χ1n) is 6.12. The van der Waals surface area contributed by atoms with E-state index in [9.17, 15) is 9.59 Å². The molecule has 4 nitrogen and oxygen atoms in total. The molecule has 4 heteroatoms. The van der Waals surface area contributed by atoms with Crippen molar-refractivity contribution in [3.05, 3.63) is 0 Å². The van der Waals surface area contributed by atoms with Crippen molar-refractivity contribution in [3.8, 4) is 0 Å². The molecule has 17 heavy (non-hydrogen) atoms. The van der Waals surface area contributed by atoms with Crippen molar-refractivity contribution in [2.75, 3.05) is 0 Å². The van der Waals surface area contributed by atoms with Gasteiger partial charge in [-0.1, -0.05) is 6.92 Å². The van der Waals surface area contributed by atoms with Gasteiger partial charge in [0.15, 0.2) is 0 Å². The number of cyclic esters (lactones) is 1. The predicted molar refractivity (Wildman–Crippen MR) is 63.4 cm³/mol. The number of carbonyl (C=O) groups excluding carboxylic acids is 2. The van der Waals surface area contributed by atoms with Gasteiger partial charge in [0.2, 0.25) is 0 Å². The molecule has 1 heterocycles. The summed E-state index contributed by atoms with van der Waals surface area (Å²) < 4.78 is 10.7. The zero-order valence-corrected chi connectivity index (χ0v) is 11.3. The Morgan fingerprint density at radius 1 is 1.41 bits per heavy atom. The van der Waals surface area contributed by atoms with Crippen molar-refractivity contribution in [3.63, 3.8) is 0 Å². The first kappa shape index (κ1) is 14.0. The number of ether oxygens (including phenoxy) is 2. The SMILES string of the molecule is CCC(C)(C)C(=O)OC(C)(C)C1CCC(=O)O1. The Balaban J connectivity index is 2.66. The van der Waals surface area contributed by atoms with E-state index < -0.39 is 11.0 Å². The van der Waals surface area contributed by atoms with Gasteiger partial charge in [0.05, 0.1) is 5.41 Å². The lowest BCUT2D eigenvalue weighted by atomic mass is 9.89. The molecule has 0 saturated carbocycles. The largest absolute Gasteiger partial charge is 0.458 e. The molecule has 0 spiro atoms. The summed E-state index contributed by atoms with van der Waals surface area (Å²) in [5, 5.41) is 0. The molecule has 1 atom stereocenters. The van der Waals surface area contributed by atoms with Gasteiger partial charge in [-0.25, -0.2) is 0 Å². The zero-order valence-electron chi connectivity index (χ0n) is 11.3. The summed E-state index contributed by atoms with van der Waals surface area (Å²) in [6.45, 7) is 9.24. The molecule has 0 bridgehead atoms. The Hall–Kier alpha value is -1.06. The maximum absolute atomic E-state index is 12.0. The molecule has 1 aliphatic rings. The molecule has 0 aromatic carbocycles. The van der Waals surface area contributed by atoms with Crippen LogP contribution in [0.5, 0.6) is 0 Å². The van der Waals surface area contributed by atoms with Crippen LogP contribution in [0.3, 0.4) is 0 Å². The number of hydrogen-bond acceptors (Lipinski definition) is 4. The standard InChI is InChI=1S/C13H22O4/c1-6-12(2,3)11(15)17-13(4,5)9-7-8-10(14)16-9/h9H,6-8H2,1-5H3. The van der Waals surface area contributed by atoms with Crippen LogP contribution in [0, 0.1) is 5.41 Å². The average Bonchev–Trinajstić information content (AvgIpc) is 2.65. The molecular formula is C13H22O4. The van der Waals surface area contributed by atoms with Crippen LogP contribution in [-0.2, 0) is 19.1 Å². The van der Waals surface area contributed by atoms with Crippen molar-refractivity contribution in [1.29, 1.82) is 0 Å².